The van der Waals surface area contributed by atoms with Crippen molar-refractivity contribution in [3.05, 3.63) is 30.1 Å². The van der Waals surface area contributed by atoms with Gasteiger partial charge in [0, 0.05) is 23.3 Å². The number of nitrogens with one attached hydrogen (secondary N) is 1. The van der Waals surface area contributed by atoms with E-state index in [9.17, 15) is 0 Å². The highest BCUT2D eigenvalue weighted by atomic mass is 16.5. The zero-order valence-corrected chi connectivity index (χ0v) is 10.3. The van der Waals surface area contributed by atoms with Crippen LogP contribution in [0.2, 0.25) is 0 Å². The van der Waals surface area contributed by atoms with Crippen molar-refractivity contribution in [1.82, 2.24) is 9.97 Å². The number of benzene rings is 1. The molecule has 0 bridgehead atoms. The molecule has 1 aromatic heterocycles. The first-order chi connectivity index (χ1) is 8.83. The Hall–Kier alpha value is -1.68. The molecule has 4 heteroatoms. The van der Waals surface area contributed by atoms with E-state index >= 15 is 0 Å². The first kappa shape index (κ1) is 10.3. The third-order valence-electron chi connectivity index (χ3n) is 4.05. The predicted octanol–water partition coefficient (Wildman–Crippen LogP) is 1.99. The fourth-order valence-corrected chi connectivity index (χ4v) is 2.90. The molecule has 0 radical (unpaired) electrons. The highest BCUT2D eigenvalue weighted by Gasteiger charge is 2.54. The summed E-state index contributed by atoms with van der Waals surface area (Å²) in [5.41, 5.74) is 2.24. The van der Waals surface area contributed by atoms with Gasteiger partial charge in [-0.1, -0.05) is 11.6 Å². The van der Waals surface area contributed by atoms with Gasteiger partial charge < -0.3 is 10.1 Å². The number of ether oxygens (including phenoxy) is 1. The van der Waals surface area contributed by atoms with Crippen LogP contribution in [0.1, 0.15) is 5.56 Å². The van der Waals surface area contributed by atoms with Crippen molar-refractivity contribution in [2.75, 3.05) is 18.5 Å². The van der Waals surface area contributed by atoms with Gasteiger partial charge in [-0.05, 0) is 19.1 Å². The maximum Gasteiger partial charge on any atom is 0.137 e. The van der Waals surface area contributed by atoms with Gasteiger partial charge in [-0.2, -0.15) is 0 Å². The minimum atomic E-state index is 0.539. The smallest absolute Gasteiger partial charge is 0.137 e. The number of fused-ring (bicyclic) bond motifs is 2. The van der Waals surface area contributed by atoms with Gasteiger partial charge >= 0.3 is 0 Å². The number of aryl methyl sites for hydroxylation is 1. The first-order valence-electron chi connectivity index (χ1n) is 6.38. The van der Waals surface area contributed by atoms with E-state index in [0.29, 0.717) is 17.9 Å². The van der Waals surface area contributed by atoms with Crippen molar-refractivity contribution in [3.8, 4) is 0 Å². The van der Waals surface area contributed by atoms with Crippen LogP contribution in [-0.4, -0.2) is 29.2 Å². The molecule has 1 unspecified atom stereocenters. The lowest BCUT2D eigenvalue weighted by atomic mass is 10.1. The number of rotatable bonds is 2. The van der Waals surface area contributed by atoms with Gasteiger partial charge in [0.25, 0.3) is 0 Å². The number of nitrogens with zero attached hydrogens (tertiary/aromatic N) is 2. The molecule has 18 heavy (non-hydrogen) atoms. The van der Waals surface area contributed by atoms with E-state index in [-0.39, 0.29) is 0 Å². The second-order valence-electron chi connectivity index (χ2n) is 5.28. The minimum Gasteiger partial charge on any atom is -0.381 e. The summed E-state index contributed by atoms with van der Waals surface area (Å²) < 4.78 is 5.41. The zero-order chi connectivity index (χ0) is 12.1. The second kappa shape index (κ2) is 3.65. The molecule has 2 aliphatic rings. The molecular formula is C14H15N3O. The van der Waals surface area contributed by atoms with E-state index in [1.165, 1.54) is 5.56 Å². The molecule has 4 rings (SSSR count). The number of aromatic nitrogens is 2. The Kier molecular flexibility index (Phi) is 2.08. The van der Waals surface area contributed by atoms with Crippen LogP contribution < -0.4 is 5.32 Å². The van der Waals surface area contributed by atoms with Gasteiger partial charge in [-0.25, -0.2) is 9.97 Å². The van der Waals surface area contributed by atoms with Crippen molar-refractivity contribution >= 4 is 16.7 Å². The predicted molar refractivity (Wildman–Crippen MR) is 69.5 cm³/mol. The lowest BCUT2D eigenvalue weighted by molar-refractivity contribution is 0.162. The molecule has 1 aromatic carbocycles. The van der Waals surface area contributed by atoms with Gasteiger partial charge in [0.05, 0.1) is 18.7 Å². The van der Waals surface area contributed by atoms with Crippen LogP contribution in [0.25, 0.3) is 10.9 Å². The average Bonchev–Trinajstić information content (AvgIpc) is 2.83. The largest absolute Gasteiger partial charge is 0.381 e. The van der Waals surface area contributed by atoms with Crippen LogP contribution in [0, 0.1) is 18.8 Å². The fourth-order valence-electron chi connectivity index (χ4n) is 2.90. The van der Waals surface area contributed by atoms with Crippen molar-refractivity contribution in [2.24, 2.45) is 11.8 Å². The number of anilines is 1. The van der Waals surface area contributed by atoms with Crippen LogP contribution in [0.3, 0.4) is 0 Å². The molecule has 3 atom stereocenters. The first-order valence-corrected chi connectivity index (χ1v) is 6.38. The van der Waals surface area contributed by atoms with E-state index in [1.54, 1.807) is 6.33 Å². The molecule has 0 spiro atoms. The van der Waals surface area contributed by atoms with Gasteiger partial charge in [0.1, 0.15) is 12.1 Å². The van der Waals surface area contributed by atoms with Crippen LogP contribution in [0.4, 0.5) is 5.82 Å². The average molecular weight is 241 g/mol. The fraction of sp³-hybridized carbons (Fsp3) is 0.429. The molecule has 1 saturated heterocycles. The standard InChI is InChI=1S/C14H15N3O/c1-8-2-3-12-9(4-8)14(16-7-15-12)17-13-10-5-18-6-11(10)13/h2-4,7,10-11,13H,5-6H2,1H3,(H,15,16,17)/t10-,11+,13?. The molecule has 92 valence electrons. The molecule has 2 fully saturated rings. The van der Waals surface area contributed by atoms with Crippen LogP contribution >= 0.6 is 0 Å². The third-order valence-corrected chi connectivity index (χ3v) is 4.05. The van der Waals surface area contributed by atoms with E-state index in [2.05, 4.69) is 34.3 Å². The van der Waals surface area contributed by atoms with Gasteiger partial charge in [-0.3, -0.25) is 0 Å². The van der Waals surface area contributed by atoms with Gasteiger partial charge in [0.15, 0.2) is 0 Å². The minimum absolute atomic E-state index is 0.539. The van der Waals surface area contributed by atoms with Crippen molar-refractivity contribution in [3.63, 3.8) is 0 Å². The Labute approximate surface area is 105 Å². The SMILES string of the molecule is Cc1ccc2ncnc(NC3[C@H]4COC[C@@H]34)c2c1. The second-order valence-corrected chi connectivity index (χ2v) is 5.28. The molecule has 2 heterocycles. The summed E-state index contributed by atoms with van der Waals surface area (Å²) >= 11 is 0. The van der Waals surface area contributed by atoms with Gasteiger partial charge in [-0.15, -0.1) is 0 Å². The summed E-state index contributed by atoms with van der Waals surface area (Å²) in [6.45, 7) is 3.88. The van der Waals surface area contributed by atoms with E-state index < -0.39 is 0 Å². The molecule has 2 aromatic rings. The van der Waals surface area contributed by atoms with Crippen molar-refractivity contribution < 1.29 is 4.74 Å². The van der Waals surface area contributed by atoms with Crippen molar-refractivity contribution in [2.45, 2.75) is 13.0 Å². The molecule has 1 aliphatic carbocycles. The summed E-state index contributed by atoms with van der Waals surface area (Å²) in [7, 11) is 0. The van der Waals surface area contributed by atoms with Gasteiger partial charge in [0.2, 0.25) is 0 Å². The molecule has 1 saturated carbocycles. The topological polar surface area (TPSA) is 47.0 Å². The zero-order valence-electron chi connectivity index (χ0n) is 10.3. The normalized spacial score (nSPS) is 29.3. The summed E-state index contributed by atoms with van der Waals surface area (Å²) in [4.78, 5) is 8.70. The summed E-state index contributed by atoms with van der Waals surface area (Å²) in [6, 6.07) is 6.82. The highest BCUT2D eigenvalue weighted by Crippen LogP contribution is 2.46. The number of hydrogen-bond acceptors (Lipinski definition) is 4. The van der Waals surface area contributed by atoms with Crippen molar-refractivity contribution in [1.29, 1.82) is 0 Å². The Morgan fingerprint density at radius 1 is 1.22 bits per heavy atom. The molecule has 0 amide bonds. The Balaban J connectivity index is 1.69. The van der Waals surface area contributed by atoms with Crippen LogP contribution in [0.5, 0.6) is 0 Å². The molecular weight excluding hydrogens is 226 g/mol. The van der Waals surface area contributed by atoms with Crippen LogP contribution in [-0.2, 0) is 4.74 Å². The van der Waals surface area contributed by atoms with E-state index in [4.69, 9.17) is 4.74 Å². The summed E-state index contributed by atoms with van der Waals surface area (Å²) in [5.74, 6) is 2.32. The lowest BCUT2D eigenvalue weighted by Gasteiger charge is -2.10. The Morgan fingerprint density at radius 3 is 2.89 bits per heavy atom. The van der Waals surface area contributed by atoms with E-state index in [0.717, 1.165) is 29.9 Å². The van der Waals surface area contributed by atoms with E-state index in [1.807, 2.05) is 6.07 Å². The highest BCUT2D eigenvalue weighted by molar-refractivity contribution is 5.89. The summed E-state index contributed by atoms with van der Waals surface area (Å²) in [5, 5.41) is 4.67. The maximum atomic E-state index is 5.41. The molecule has 1 N–H and O–H groups in total. The van der Waals surface area contributed by atoms with Crippen LogP contribution in [0.15, 0.2) is 24.5 Å². The Bertz CT molecular complexity index is 603. The molecule has 1 aliphatic heterocycles. The number of hydrogen-bond donors (Lipinski definition) is 1. The monoisotopic (exact) mass is 241 g/mol. The molecule has 4 nitrogen and oxygen atoms in total. The third kappa shape index (κ3) is 1.49. The lowest BCUT2D eigenvalue weighted by Crippen LogP contribution is -2.13. The Morgan fingerprint density at radius 2 is 2.06 bits per heavy atom. The quantitative estimate of drug-likeness (QED) is 0.873. The maximum absolute atomic E-state index is 5.41. The summed E-state index contributed by atoms with van der Waals surface area (Å²) in [6.07, 6.45) is 1.63.